The van der Waals surface area contributed by atoms with Crippen LogP contribution in [-0.4, -0.2) is 29.1 Å². The summed E-state index contributed by atoms with van der Waals surface area (Å²) in [6.07, 6.45) is 5.22. The minimum absolute atomic E-state index is 0. The maximum absolute atomic E-state index is 6.24. The van der Waals surface area contributed by atoms with E-state index in [9.17, 15) is 0 Å². The van der Waals surface area contributed by atoms with Crippen molar-refractivity contribution in [2.75, 3.05) is 23.7 Å². The zero-order chi connectivity index (χ0) is 17.6. The first-order chi connectivity index (χ1) is 12.0. The Kier molecular flexibility index (Phi) is 7.49. The monoisotopic (exact) mass is 463 g/mol. The van der Waals surface area contributed by atoms with E-state index in [4.69, 9.17) is 34.7 Å². The van der Waals surface area contributed by atoms with Gasteiger partial charge in [-0.15, -0.1) is 0 Å². The molecule has 5 nitrogen and oxygen atoms in total. The van der Waals surface area contributed by atoms with Gasteiger partial charge in [0, 0.05) is 29.4 Å². The highest BCUT2D eigenvalue weighted by molar-refractivity contribution is 7.99. The number of rotatable bonds is 3. The Morgan fingerprint density at radius 3 is 2.59 bits per heavy atom. The lowest BCUT2D eigenvalue weighted by atomic mass is 9.64. The van der Waals surface area contributed by atoms with Gasteiger partial charge in [0.05, 0.1) is 16.2 Å². The molecule has 1 aromatic heterocycles. The van der Waals surface area contributed by atoms with Crippen LogP contribution in [-0.2, 0) is 0 Å². The van der Waals surface area contributed by atoms with E-state index < -0.39 is 0 Å². The van der Waals surface area contributed by atoms with Gasteiger partial charge in [-0.05, 0) is 31.4 Å². The van der Waals surface area contributed by atoms with E-state index in [1.807, 2.05) is 12.1 Å². The molecule has 2 fully saturated rings. The van der Waals surface area contributed by atoms with Crippen LogP contribution in [0, 0.1) is 5.41 Å². The van der Waals surface area contributed by atoms with E-state index in [0.29, 0.717) is 26.9 Å². The number of nitrogens with zero attached hydrogens (tertiary/aromatic N) is 3. The first-order valence-corrected chi connectivity index (χ1v) is 9.81. The van der Waals surface area contributed by atoms with Crippen molar-refractivity contribution in [1.82, 2.24) is 9.97 Å². The van der Waals surface area contributed by atoms with Gasteiger partial charge in [-0.1, -0.05) is 41.0 Å². The van der Waals surface area contributed by atoms with Gasteiger partial charge in [0.2, 0.25) is 0 Å². The molecule has 0 amide bonds. The summed E-state index contributed by atoms with van der Waals surface area (Å²) in [7, 11) is 0. The van der Waals surface area contributed by atoms with Crippen molar-refractivity contribution in [2.45, 2.75) is 35.2 Å². The maximum Gasteiger partial charge on any atom is 0.158 e. The number of halogens is 2. The van der Waals surface area contributed by atoms with Crippen molar-refractivity contribution >= 4 is 73.6 Å². The minimum atomic E-state index is 0. The highest BCUT2D eigenvalue weighted by Gasteiger charge is 2.49. The Labute approximate surface area is 187 Å². The van der Waals surface area contributed by atoms with Crippen molar-refractivity contribution in [3.05, 3.63) is 34.4 Å². The van der Waals surface area contributed by atoms with Gasteiger partial charge < -0.3 is 16.4 Å². The fraction of sp³-hybridized carbons (Fsp3) is 0.412. The Morgan fingerprint density at radius 1 is 1.22 bits per heavy atom. The molecule has 1 saturated carbocycles. The summed E-state index contributed by atoms with van der Waals surface area (Å²) in [6.45, 7) is 1.89. The number of anilines is 2. The number of benzene rings is 1. The molecule has 1 aromatic carbocycles. The predicted molar refractivity (Wildman–Crippen MR) is 124 cm³/mol. The molecule has 1 aliphatic carbocycles. The molecule has 10 heteroatoms. The summed E-state index contributed by atoms with van der Waals surface area (Å²) < 4.78 is 0. The van der Waals surface area contributed by atoms with Crippen LogP contribution < -0.4 is 16.4 Å². The van der Waals surface area contributed by atoms with E-state index in [0.717, 1.165) is 36.6 Å². The Hall–Kier alpha value is -0.510. The van der Waals surface area contributed by atoms with Gasteiger partial charge >= 0.3 is 0 Å². The lowest BCUT2D eigenvalue weighted by molar-refractivity contribution is 0.122. The van der Waals surface area contributed by atoms with Crippen LogP contribution in [0.5, 0.6) is 0 Å². The van der Waals surface area contributed by atoms with Crippen LogP contribution in [0.3, 0.4) is 0 Å². The van der Waals surface area contributed by atoms with Crippen LogP contribution in [0.1, 0.15) is 19.3 Å². The fourth-order valence-corrected chi connectivity index (χ4v) is 4.88. The molecular formula is C17H23Cl2N5S3. The summed E-state index contributed by atoms with van der Waals surface area (Å²) in [5.41, 5.74) is 12.6. The summed E-state index contributed by atoms with van der Waals surface area (Å²) >= 11 is 13.7. The van der Waals surface area contributed by atoms with Crippen molar-refractivity contribution in [3.8, 4) is 0 Å². The van der Waals surface area contributed by atoms with Gasteiger partial charge in [0.25, 0.3) is 0 Å². The maximum atomic E-state index is 6.24. The van der Waals surface area contributed by atoms with Gasteiger partial charge in [0.1, 0.15) is 10.8 Å². The molecule has 2 aliphatic rings. The second-order valence-electron chi connectivity index (χ2n) is 6.75. The average Bonchev–Trinajstić information content (AvgIpc) is 3.07. The topological polar surface area (TPSA) is 81.1 Å². The van der Waals surface area contributed by atoms with Crippen LogP contribution in [0.25, 0.3) is 0 Å². The largest absolute Gasteiger partial charge is 0.381 e. The molecule has 4 rings (SSSR count). The van der Waals surface area contributed by atoms with Gasteiger partial charge in [-0.2, -0.15) is 27.0 Å². The fourth-order valence-electron chi connectivity index (χ4n) is 3.60. The summed E-state index contributed by atoms with van der Waals surface area (Å²) in [4.78, 5) is 12.1. The van der Waals surface area contributed by atoms with Crippen molar-refractivity contribution in [2.24, 2.45) is 11.1 Å². The molecule has 2 aromatic rings. The normalized spacial score (nSPS) is 23.5. The Bertz CT molecular complexity index is 825. The molecule has 0 bridgehead atoms. The van der Waals surface area contributed by atoms with E-state index >= 15 is 0 Å². The number of hydrogen-bond donors (Lipinski definition) is 2. The molecule has 1 spiro atoms. The van der Waals surface area contributed by atoms with Crippen LogP contribution in [0.4, 0.5) is 11.6 Å². The lowest BCUT2D eigenvalue weighted by Gasteiger charge is -2.44. The third-order valence-corrected chi connectivity index (χ3v) is 7.32. The predicted octanol–water partition coefficient (Wildman–Crippen LogP) is 4.06. The van der Waals surface area contributed by atoms with Crippen LogP contribution >= 0.6 is 62.0 Å². The van der Waals surface area contributed by atoms with Gasteiger partial charge in [-0.25, -0.2) is 9.97 Å². The highest BCUT2D eigenvalue weighted by Crippen LogP contribution is 2.48. The smallest absolute Gasteiger partial charge is 0.158 e. The molecule has 1 saturated heterocycles. The van der Waals surface area contributed by atoms with E-state index in [1.54, 1.807) is 12.3 Å². The highest BCUT2D eigenvalue weighted by atomic mass is 35.5. The molecule has 0 radical (unpaired) electrons. The quantitative estimate of drug-likeness (QED) is 0.713. The summed E-state index contributed by atoms with van der Waals surface area (Å²) in [5.74, 6) is 1.22. The zero-order valence-electron chi connectivity index (χ0n) is 14.6. The Morgan fingerprint density at radius 2 is 2.00 bits per heavy atom. The zero-order valence-corrected chi connectivity index (χ0v) is 18.9. The van der Waals surface area contributed by atoms with Crippen molar-refractivity contribution in [3.63, 3.8) is 0 Å². The second-order valence-corrected chi connectivity index (χ2v) is 8.57. The molecule has 148 valence electrons. The van der Waals surface area contributed by atoms with E-state index in [2.05, 4.69) is 14.9 Å². The van der Waals surface area contributed by atoms with Crippen LogP contribution in [0.15, 0.2) is 34.3 Å². The molecule has 2 atom stereocenters. The lowest BCUT2D eigenvalue weighted by Crippen LogP contribution is -2.52. The van der Waals surface area contributed by atoms with Crippen molar-refractivity contribution < 1.29 is 0 Å². The molecule has 27 heavy (non-hydrogen) atoms. The van der Waals surface area contributed by atoms with Crippen LogP contribution in [0.2, 0.25) is 10.0 Å². The number of nitrogen functional groups attached to an aromatic ring is 1. The molecular weight excluding hydrogens is 441 g/mol. The SMILES string of the molecule is Nc1nc(N2CC[C@@]3(CC[C@H]3N)C2)cnc1Sc1cccc(Cl)c1Cl.S.S. The minimum Gasteiger partial charge on any atom is -0.381 e. The third-order valence-electron chi connectivity index (χ3n) is 5.32. The first-order valence-electron chi connectivity index (χ1n) is 8.23. The summed E-state index contributed by atoms with van der Waals surface area (Å²) in [5, 5.41) is 1.64. The molecule has 2 heterocycles. The molecule has 1 aliphatic heterocycles. The summed E-state index contributed by atoms with van der Waals surface area (Å²) in [6, 6.07) is 5.79. The van der Waals surface area contributed by atoms with E-state index in [-0.39, 0.29) is 32.4 Å². The van der Waals surface area contributed by atoms with Gasteiger partial charge in [0.15, 0.2) is 5.82 Å². The standard InChI is InChI=1S/C17H19Cl2N5S.2H2S/c18-10-2-1-3-11(14(10)19)25-16-15(21)23-13(8-22-16)24-7-6-17(9-24)5-4-12(17)20;;/h1-3,8,12H,4-7,9,20H2,(H2,21,23);2*1H2/t12-,17+;;/m1../s1. The molecule has 4 N–H and O–H groups in total. The molecule has 0 unspecified atom stereocenters. The Balaban J connectivity index is 0.00000131. The first kappa shape index (κ1) is 22.8. The number of aromatic nitrogens is 2. The third kappa shape index (κ3) is 4.26. The number of hydrogen-bond acceptors (Lipinski definition) is 6. The number of nitrogens with two attached hydrogens (primary N) is 2. The van der Waals surface area contributed by atoms with Gasteiger partial charge in [-0.3, -0.25) is 0 Å². The van der Waals surface area contributed by atoms with E-state index in [1.165, 1.54) is 18.2 Å². The average molecular weight is 465 g/mol. The van der Waals surface area contributed by atoms with Crippen molar-refractivity contribution in [1.29, 1.82) is 0 Å². The second kappa shape index (κ2) is 8.88.